The molecule has 0 spiro atoms. The molecule has 3 rings (SSSR count). The van der Waals surface area contributed by atoms with E-state index in [0.29, 0.717) is 15.5 Å². The molecule has 0 atom stereocenters. The van der Waals surface area contributed by atoms with Gasteiger partial charge < -0.3 is 10.5 Å². The van der Waals surface area contributed by atoms with E-state index in [1.54, 1.807) is 6.07 Å². The van der Waals surface area contributed by atoms with E-state index in [1.807, 2.05) is 0 Å². The molecule has 0 fully saturated rings. The molecule has 0 amide bonds. The van der Waals surface area contributed by atoms with Crippen molar-refractivity contribution in [3.05, 3.63) is 39.0 Å². The molecule has 0 bridgehead atoms. The van der Waals surface area contributed by atoms with E-state index in [9.17, 15) is 10.1 Å². The fourth-order valence-corrected chi connectivity index (χ4v) is 2.19. The smallest absolute Gasteiger partial charge is 0.274 e. The molecule has 0 aliphatic carbocycles. The number of H-pyrrole nitrogens is 1. The minimum Gasteiger partial charge on any atom is -0.438 e. The Kier molecular flexibility index (Phi) is 3.14. The number of benzene rings is 1. The van der Waals surface area contributed by atoms with Crippen LogP contribution in [0.3, 0.4) is 0 Å². The van der Waals surface area contributed by atoms with Gasteiger partial charge in [-0.1, -0.05) is 15.9 Å². The van der Waals surface area contributed by atoms with Crippen LogP contribution in [0.2, 0.25) is 0 Å². The van der Waals surface area contributed by atoms with Gasteiger partial charge in [-0.2, -0.15) is 15.1 Å². The van der Waals surface area contributed by atoms with Crippen molar-refractivity contribution in [2.75, 3.05) is 5.73 Å². The van der Waals surface area contributed by atoms with Crippen LogP contribution in [0, 0.1) is 10.1 Å². The van der Waals surface area contributed by atoms with Gasteiger partial charge in [0.2, 0.25) is 11.8 Å². The quantitative estimate of drug-likeness (QED) is 0.547. The molecule has 9 nitrogen and oxygen atoms in total. The van der Waals surface area contributed by atoms with Gasteiger partial charge in [0, 0.05) is 10.5 Å². The van der Waals surface area contributed by atoms with Crippen molar-refractivity contribution in [2.24, 2.45) is 0 Å². The summed E-state index contributed by atoms with van der Waals surface area (Å²) in [6.45, 7) is 0. The Balaban J connectivity index is 2.06. The second-order valence-corrected chi connectivity index (χ2v) is 4.94. The lowest BCUT2D eigenvalue weighted by Gasteiger charge is -2.06. The molecule has 10 heteroatoms. The number of fused-ring (bicyclic) bond motifs is 1. The Labute approximate surface area is 125 Å². The molecule has 106 valence electrons. The van der Waals surface area contributed by atoms with E-state index < -0.39 is 4.92 Å². The van der Waals surface area contributed by atoms with E-state index >= 15 is 0 Å². The molecule has 3 N–H and O–H groups in total. The highest BCUT2D eigenvalue weighted by atomic mass is 79.9. The highest BCUT2D eigenvalue weighted by molar-refractivity contribution is 9.10. The number of nitrogens with zero attached hydrogens (tertiary/aromatic N) is 4. The molecule has 2 aromatic heterocycles. The summed E-state index contributed by atoms with van der Waals surface area (Å²) in [5, 5.41) is 17.8. The summed E-state index contributed by atoms with van der Waals surface area (Å²) in [6, 6.07) is 4.24. The van der Waals surface area contributed by atoms with Gasteiger partial charge >= 0.3 is 0 Å². The van der Waals surface area contributed by atoms with Gasteiger partial charge in [-0.25, -0.2) is 0 Å². The first-order valence-corrected chi connectivity index (χ1v) is 6.41. The van der Waals surface area contributed by atoms with Crippen molar-refractivity contribution in [1.29, 1.82) is 0 Å². The van der Waals surface area contributed by atoms with Crippen LogP contribution in [0.25, 0.3) is 11.0 Å². The van der Waals surface area contributed by atoms with Crippen LogP contribution in [0.4, 0.5) is 11.6 Å². The van der Waals surface area contributed by atoms with E-state index in [2.05, 4.69) is 36.1 Å². The van der Waals surface area contributed by atoms with Crippen LogP contribution in [0.5, 0.6) is 11.6 Å². The van der Waals surface area contributed by atoms with Crippen LogP contribution in [0.1, 0.15) is 0 Å². The number of aromatic amines is 1. The summed E-state index contributed by atoms with van der Waals surface area (Å²) in [4.78, 5) is 18.3. The molecule has 0 aliphatic heterocycles. The minimum absolute atomic E-state index is 0.00578. The number of hydrogen-bond acceptors (Lipinski definition) is 7. The molecule has 0 saturated carbocycles. The number of nitro groups is 1. The third-order valence-corrected chi connectivity index (χ3v) is 3.03. The van der Waals surface area contributed by atoms with Crippen LogP contribution < -0.4 is 10.5 Å². The summed E-state index contributed by atoms with van der Waals surface area (Å²) in [5.41, 5.74) is 5.89. The van der Waals surface area contributed by atoms with E-state index in [1.165, 1.54) is 18.3 Å². The number of nitrogens with two attached hydrogens (primary N) is 1. The number of nitrogens with one attached hydrogen (secondary N) is 1. The van der Waals surface area contributed by atoms with Gasteiger partial charge in [-0.05, 0) is 6.07 Å². The first-order chi connectivity index (χ1) is 10.0. The lowest BCUT2D eigenvalue weighted by atomic mass is 10.3. The van der Waals surface area contributed by atoms with E-state index in [4.69, 9.17) is 10.5 Å². The number of rotatable bonds is 3. The van der Waals surface area contributed by atoms with Crippen molar-refractivity contribution >= 4 is 38.6 Å². The fraction of sp³-hybridized carbons (Fsp3) is 0. The predicted molar refractivity (Wildman–Crippen MR) is 77.0 cm³/mol. The van der Waals surface area contributed by atoms with E-state index in [0.717, 1.165) is 0 Å². The average molecular weight is 351 g/mol. The second kappa shape index (κ2) is 4.98. The largest absolute Gasteiger partial charge is 0.438 e. The monoisotopic (exact) mass is 350 g/mol. The number of nitrogen functional groups attached to an aromatic ring is 1. The highest BCUT2D eigenvalue weighted by Gasteiger charge is 2.14. The van der Waals surface area contributed by atoms with Crippen molar-refractivity contribution in [1.82, 2.24) is 20.2 Å². The topological polar surface area (TPSA) is 133 Å². The first-order valence-electron chi connectivity index (χ1n) is 5.62. The van der Waals surface area contributed by atoms with Crippen LogP contribution >= 0.6 is 15.9 Å². The zero-order chi connectivity index (χ0) is 15.0. The number of hydrogen-bond donors (Lipinski definition) is 2. The van der Waals surface area contributed by atoms with E-state index in [-0.39, 0.29) is 23.3 Å². The SMILES string of the molecule is Nc1nc(Oc2cc(Br)cc([N+](=O)[O-])c2)c2cn[nH]c2n1. The van der Waals surface area contributed by atoms with Crippen LogP contribution in [0.15, 0.2) is 28.9 Å². The summed E-state index contributed by atoms with van der Waals surface area (Å²) in [6.07, 6.45) is 1.48. The van der Waals surface area contributed by atoms with Crippen molar-refractivity contribution < 1.29 is 9.66 Å². The van der Waals surface area contributed by atoms with Crippen molar-refractivity contribution in [2.45, 2.75) is 0 Å². The standard InChI is InChI=1S/C11H7BrN6O3/c12-5-1-6(18(19)20)3-7(2-5)21-10-8-4-14-17-9(8)15-11(13)16-10/h1-4H,(H3,13,14,15,16,17). The molecule has 2 heterocycles. The van der Waals surface area contributed by atoms with Crippen molar-refractivity contribution in [3.63, 3.8) is 0 Å². The molecule has 0 unspecified atom stereocenters. The van der Waals surface area contributed by atoms with Gasteiger partial charge in [0.05, 0.1) is 17.2 Å². The molecule has 0 aliphatic rings. The number of ether oxygens (including phenoxy) is 1. The average Bonchev–Trinajstić information content (AvgIpc) is 2.86. The predicted octanol–water partition coefficient (Wildman–Crippen LogP) is 2.40. The summed E-state index contributed by atoms with van der Waals surface area (Å²) >= 11 is 3.19. The molecular formula is C11H7BrN6O3. The number of anilines is 1. The lowest BCUT2D eigenvalue weighted by Crippen LogP contribution is -1.98. The maximum Gasteiger partial charge on any atom is 0.274 e. The summed E-state index contributed by atoms with van der Waals surface area (Å²) < 4.78 is 6.09. The zero-order valence-electron chi connectivity index (χ0n) is 10.3. The van der Waals surface area contributed by atoms with Gasteiger partial charge in [0.1, 0.15) is 11.1 Å². The first kappa shape index (κ1) is 13.2. The van der Waals surface area contributed by atoms with Gasteiger partial charge in [-0.3, -0.25) is 15.2 Å². The van der Waals surface area contributed by atoms with Crippen LogP contribution in [-0.2, 0) is 0 Å². The molecule has 21 heavy (non-hydrogen) atoms. The third-order valence-electron chi connectivity index (χ3n) is 2.57. The Morgan fingerprint density at radius 1 is 1.33 bits per heavy atom. The Morgan fingerprint density at radius 3 is 2.90 bits per heavy atom. The Hall–Kier alpha value is -2.75. The molecule has 0 saturated heterocycles. The highest BCUT2D eigenvalue weighted by Crippen LogP contribution is 2.31. The number of aromatic nitrogens is 4. The Morgan fingerprint density at radius 2 is 2.14 bits per heavy atom. The summed E-state index contributed by atoms with van der Waals surface area (Å²) in [7, 11) is 0. The maximum absolute atomic E-state index is 10.9. The molecule has 0 radical (unpaired) electrons. The minimum atomic E-state index is -0.514. The normalized spacial score (nSPS) is 10.7. The maximum atomic E-state index is 10.9. The van der Waals surface area contributed by atoms with Gasteiger partial charge in [0.15, 0.2) is 5.65 Å². The van der Waals surface area contributed by atoms with Crippen LogP contribution in [-0.4, -0.2) is 25.1 Å². The Bertz CT molecular complexity index is 849. The molecule has 1 aromatic carbocycles. The van der Waals surface area contributed by atoms with Gasteiger partial charge in [-0.15, -0.1) is 0 Å². The number of halogens is 1. The number of nitro benzene ring substituents is 1. The fourth-order valence-electron chi connectivity index (χ4n) is 1.73. The molecular weight excluding hydrogens is 344 g/mol. The lowest BCUT2D eigenvalue weighted by molar-refractivity contribution is -0.385. The zero-order valence-corrected chi connectivity index (χ0v) is 11.9. The van der Waals surface area contributed by atoms with Crippen molar-refractivity contribution in [3.8, 4) is 11.6 Å². The number of non-ortho nitro benzene ring substituents is 1. The second-order valence-electron chi connectivity index (χ2n) is 4.02. The van der Waals surface area contributed by atoms with Gasteiger partial charge in [0.25, 0.3) is 5.69 Å². The third kappa shape index (κ3) is 2.60. The summed E-state index contributed by atoms with van der Waals surface area (Å²) in [5.74, 6) is 0.418. The molecule has 3 aromatic rings.